The van der Waals surface area contributed by atoms with Gasteiger partial charge in [0.1, 0.15) is 12.1 Å². The number of rotatable bonds is 4. The SMILES string of the molecule is O=C(OCO)C1CCC(C(=O)OCO)N1. The molecule has 7 nitrogen and oxygen atoms in total. The van der Waals surface area contributed by atoms with Crippen LogP contribution >= 0.6 is 0 Å². The summed E-state index contributed by atoms with van der Waals surface area (Å²) >= 11 is 0. The van der Waals surface area contributed by atoms with E-state index in [-0.39, 0.29) is 0 Å². The molecular formula is C8H13NO6. The van der Waals surface area contributed by atoms with Crippen LogP contribution in [0, 0.1) is 0 Å². The van der Waals surface area contributed by atoms with Gasteiger partial charge in [-0.2, -0.15) is 0 Å². The van der Waals surface area contributed by atoms with Crippen molar-refractivity contribution in [3.63, 3.8) is 0 Å². The molecule has 0 aromatic rings. The van der Waals surface area contributed by atoms with Crippen LogP contribution in [0.25, 0.3) is 0 Å². The lowest BCUT2D eigenvalue weighted by molar-refractivity contribution is -0.155. The van der Waals surface area contributed by atoms with E-state index in [0.29, 0.717) is 12.8 Å². The van der Waals surface area contributed by atoms with Gasteiger partial charge in [-0.1, -0.05) is 0 Å². The second-order valence-corrected chi connectivity index (χ2v) is 3.03. The Bertz CT molecular complexity index is 219. The van der Waals surface area contributed by atoms with Gasteiger partial charge in [-0.15, -0.1) is 0 Å². The first kappa shape index (κ1) is 11.9. The number of hydrogen-bond acceptors (Lipinski definition) is 7. The van der Waals surface area contributed by atoms with Crippen LogP contribution in [0.3, 0.4) is 0 Å². The Morgan fingerprint density at radius 1 is 1.07 bits per heavy atom. The lowest BCUT2D eigenvalue weighted by atomic mass is 10.2. The van der Waals surface area contributed by atoms with Crippen LogP contribution in [-0.2, 0) is 19.1 Å². The molecule has 0 aliphatic carbocycles. The second kappa shape index (κ2) is 5.64. The number of hydrogen-bond donors (Lipinski definition) is 3. The third-order valence-electron chi connectivity index (χ3n) is 2.13. The van der Waals surface area contributed by atoms with Crippen molar-refractivity contribution in [2.75, 3.05) is 13.6 Å². The molecule has 1 fully saturated rings. The fraction of sp³-hybridized carbons (Fsp3) is 0.750. The average Bonchev–Trinajstić information content (AvgIpc) is 2.67. The summed E-state index contributed by atoms with van der Waals surface area (Å²) in [5, 5.41) is 19.4. The summed E-state index contributed by atoms with van der Waals surface area (Å²) in [4.78, 5) is 22.3. The summed E-state index contributed by atoms with van der Waals surface area (Å²) < 4.78 is 8.73. The third kappa shape index (κ3) is 3.15. The monoisotopic (exact) mass is 219 g/mol. The number of carbonyl (C=O) groups excluding carboxylic acids is 2. The summed E-state index contributed by atoms with van der Waals surface area (Å²) in [6.07, 6.45) is 0.869. The minimum Gasteiger partial charge on any atom is -0.438 e. The van der Waals surface area contributed by atoms with E-state index in [4.69, 9.17) is 10.2 Å². The molecule has 86 valence electrons. The molecule has 1 heterocycles. The highest BCUT2D eigenvalue weighted by atomic mass is 16.6. The van der Waals surface area contributed by atoms with Gasteiger partial charge in [-0.25, -0.2) is 0 Å². The van der Waals surface area contributed by atoms with E-state index in [9.17, 15) is 9.59 Å². The maximum absolute atomic E-state index is 11.1. The average molecular weight is 219 g/mol. The van der Waals surface area contributed by atoms with Crippen LogP contribution in [-0.4, -0.2) is 47.8 Å². The van der Waals surface area contributed by atoms with Crippen molar-refractivity contribution in [1.82, 2.24) is 5.32 Å². The zero-order valence-corrected chi connectivity index (χ0v) is 8.01. The van der Waals surface area contributed by atoms with E-state index in [1.54, 1.807) is 0 Å². The Morgan fingerprint density at radius 3 is 1.80 bits per heavy atom. The normalized spacial score (nSPS) is 24.9. The summed E-state index contributed by atoms with van der Waals surface area (Å²) in [7, 11) is 0. The summed E-state index contributed by atoms with van der Waals surface area (Å²) in [6.45, 7) is -1.36. The van der Waals surface area contributed by atoms with Gasteiger partial charge < -0.3 is 19.7 Å². The van der Waals surface area contributed by atoms with Gasteiger partial charge in [0.25, 0.3) is 0 Å². The maximum atomic E-state index is 11.1. The van der Waals surface area contributed by atoms with Crippen LogP contribution in [0.4, 0.5) is 0 Å². The van der Waals surface area contributed by atoms with E-state index >= 15 is 0 Å². The number of carbonyl (C=O) groups is 2. The van der Waals surface area contributed by atoms with Gasteiger partial charge in [-0.05, 0) is 12.8 Å². The largest absolute Gasteiger partial charge is 0.438 e. The molecule has 2 unspecified atom stereocenters. The fourth-order valence-corrected chi connectivity index (χ4v) is 1.44. The highest BCUT2D eigenvalue weighted by molar-refractivity contribution is 5.81. The topological polar surface area (TPSA) is 105 Å². The molecule has 3 N–H and O–H groups in total. The predicted octanol–water partition coefficient (Wildman–Crippen LogP) is -1.91. The first-order chi connectivity index (χ1) is 7.19. The van der Waals surface area contributed by atoms with Crippen LogP contribution in [0.1, 0.15) is 12.8 Å². The standard InChI is InChI=1S/C8H13NO6/c10-3-14-7(12)5-1-2-6(9-5)8(13)15-4-11/h5-6,9-11H,1-4H2. The van der Waals surface area contributed by atoms with Gasteiger partial charge in [0.15, 0.2) is 13.6 Å². The van der Waals surface area contributed by atoms with Gasteiger partial charge >= 0.3 is 11.9 Å². The molecule has 0 saturated carbocycles. The molecule has 7 heteroatoms. The molecule has 0 spiro atoms. The number of aliphatic hydroxyl groups excluding tert-OH is 2. The number of ether oxygens (including phenoxy) is 2. The minimum atomic E-state index is -0.678. The number of esters is 2. The highest BCUT2D eigenvalue weighted by Crippen LogP contribution is 2.14. The summed E-state index contributed by atoms with van der Waals surface area (Å²) in [6, 6.07) is -1.21. The van der Waals surface area contributed by atoms with Crippen LogP contribution in [0.5, 0.6) is 0 Å². The Balaban J connectivity index is 2.38. The lowest BCUT2D eigenvalue weighted by Gasteiger charge is -2.11. The summed E-state index contributed by atoms with van der Waals surface area (Å²) in [5.41, 5.74) is 0. The zero-order valence-electron chi connectivity index (χ0n) is 8.01. The second-order valence-electron chi connectivity index (χ2n) is 3.03. The Labute approximate surface area is 86.0 Å². The minimum absolute atomic E-state index is 0.435. The van der Waals surface area contributed by atoms with Crippen molar-refractivity contribution >= 4 is 11.9 Å². The molecule has 1 aliphatic rings. The van der Waals surface area contributed by atoms with E-state index in [2.05, 4.69) is 14.8 Å². The molecule has 0 aromatic heterocycles. The van der Waals surface area contributed by atoms with E-state index < -0.39 is 37.6 Å². The Morgan fingerprint density at radius 2 is 1.47 bits per heavy atom. The van der Waals surface area contributed by atoms with E-state index in [1.165, 1.54) is 0 Å². The van der Waals surface area contributed by atoms with Crippen LogP contribution in [0.15, 0.2) is 0 Å². The van der Waals surface area contributed by atoms with Crippen molar-refractivity contribution in [3.8, 4) is 0 Å². The van der Waals surface area contributed by atoms with E-state index in [1.807, 2.05) is 0 Å². The first-order valence-electron chi connectivity index (χ1n) is 4.50. The van der Waals surface area contributed by atoms with Crippen molar-refractivity contribution in [3.05, 3.63) is 0 Å². The van der Waals surface area contributed by atoms with Gasteiger partial charge in [-0.3, -0.25) is 14.9 Å². The molecule has 2 atom stereocenters. The molecule has 1 rings (SSSR count). The van der Waals surface area contributed by atoms with Crippen LogP contribution < -0.4 is 5.32 Å². The quantitative estimate of drug-likeness (QED) is 0.374. The molecule has 0 radical (unpaired) electrons. The third-order valence-corrected chi connectivity index (χ3v) is 2.13. The molecule has 1 saturated heterocycles. The molecule has 0 amide bonds. The van der Waals surface area contributed by atoms with Crippen molar-refractivity contribution in [2.24, 2.45) is 0 Å². The van der Waals surface area contributed by atoms with Gasteiger partial charge in [0, 0.05) is 0 Å². The number of aliphatic hydroxyl groups is 2. The molecule has 15 heavy (non-hydrogen) atoms. The lowest BCUT2D eigenvalue weighted by Crippen LogP contribution is -2.41. The molecule has 0 bridgehead atoms. The van der Waals surface area contributed by atoms with Crippen molar-refractivity contribution in [2.45, 2.75) is 24.9 Å². The molecule has 1 aliphatic heterocycles. The smallest absolute Gasteiger partial charge is 0.325 e. The van der Waals surface area contributed by atoms with Crippen molar-refractivity contribution < 1.29 is 29.3 Å². The maximum Gasteiger partial charge on any atom is 0.325 e. The Hall–Kier alpha value is -1.18. The fourth-order valence-electron chi connectivity index (χ4n) is 1.44. The molecular weight excluding hydrogens is 206 g/mol. The van der Waals surface area contributed by atoms with Crippen molar-refractivity contribution in [1.29, 1.82) is 0 Å². The summed E-state index contributed by atoms with van der Waals surface area (Å²) in [5.74, 6) is -1.20. The molecule has 0 aromatic carbocycles. The Kier molecular flexibility index (Phi) is 4.47. The predicted molar refractivity (Wildman–Crippen MR) is 46.3 cm³/mol. The van der Waals surface area contributed by atoms with Gasteiger partial charge in [0.05, 0.1) is 0 Å². The highest BCUT2D eigenvalue weighted by Gasteiger charge is 2.34. The number of nitrogens with one attached hydrogen (secondary N) is 1. The zero-order chi connectivity index (χ0) is 11.3. The van der Waals surface area contributed by atoms with Crippen LogP contribution in [0.2, 0.25) is 0 Å². The van der Waals surface area contributed by atoms with Gasteiger partial charge in [0.2, 0.25) is 0 Å². The van der Waals surface area contributed by atoms with E-state index in [0.717, 1.165) is 0 Å². The first-order valence-corrected chi connectivity index (χ1v) is 4.50.